The lowest BCUT2D eigenvalue weighted by Crippen LogP contribution is -2.55. The zero-order chi connectivity index (χ0) is 20.9. The normalized spacial score (nSPS) is 23.9. The number of rotatable bonds is 6. The second-order valence-corrected chi connectivity index (χ2v) is 7.94. The van der Waals surface area contributed by atoms with Crippen molar-refractivity contribution in [1.82, 2.24) is 20.7 Å². The van der Waals surface area contributed by atoms with Crippen LogP contribution in [0.1, 0.15) is 36.3 Å². The Morgan fingerprint density at radius 3 is 2.77 bits per heavy atom. The van der Waals surface area contributed by atoms with Crippen LogP contribution >= 0.6 is 0 Å². The first-order valence-electron chi connectivity index (χ1n) is 10.6. The molecule has 2 aliphatic heterocycles. The van der Waals surface area contributed by atoms with Crippen LogP contribution in [-0.2, 0) is 11.2 Å². The Balaban J connectivity index is 1.54. The number of pyridine rings is 1. The smallest absolute Gasteiger partial charge is 0.227 e. The zero-order valence-electron chi connectivity index (χ0n) is 17.6. The summed E-state index contributed by atoms with van der Waals surface area (Å²) in [5, 5.41) is 0. The van der Waals surface area contributed by atoms with E-state index < -0.39 is 0 Å². The monoisotopic (exact) mass is 410 g/mol. The SMILES string of the molecule is COc1ccc(OC)c(CC(=O)N2CCCCC2C2NNCC2c2ccncc2)c1. The molecular formula is C23H30N4O3. The molecular weight excluding hydrogens is 380 g/mol. The van der Waals surface area contributed by atoms with E-state index in [2.05, 4.69) is 32.9 Å². The van der Waals surface area contributed by atoms with Gasteiger partial charge in [0.2, 0.25) is 5.91 Å². The molecule has 1 aromatic heterocycles. The van der Waals surface area contributed by atoms with Crippen molar-refractivity contribution in [3.8, 4) is 11.5 Å². The van der Waals surface area contributed by atoms with E-state index in [1.54, 1.807) is 14.2 Å². The van der Waals surface area contributed by atoms with Crippen molar-refractivity contribution in [3.63, 3.8) is 0 Å². The molecule has 160 valence electrons. The van der Waals surface area contributed by atoms with E-state index in [0.29, 0.717) is 18.1 Å². The third-order valence-corrected chi connectivity index (χ3v) is 6.27. The largest absolute Gasteiger partial charge is 0.497 e. The van der Waals surface area contributed by atoms with Crippen LogP contribution in [0.3, 0.4) is 0 Å². The summed E-state index contributed by atoms with van der Waals surface area (Å²) in [4.78, 5) is 19.6. The summed E-state index contributed by atoms with van der Waals surface area (Å²) in [6.45, 7) is 1.63. The number of hydrogen-bond donors (Lipinski definition) is 2. The van der Waals surface area contributed by atoms with Gasteiger partial charge in [-0.3, -0.25) is 20.6 Å². The summed E-state index contributed by atoms with van der Waals surface area (Å²) < 4.78 is 10.8. The first kappa shape index (κ1) is 20.6. The maximum Gasteiger partial charge on any atom is 0.227 e. The van der Waals surface area contributed by atoms with Gasteiger partial charge in [-0.25, -0.2) is 0 Å². The molecule has 2 fully saturated rings. The lowest BCUT2D eigenvalue weighted by atomic mass is 9.84. The Kier molecular flexibility index (Phi) is 6.50. The van der Waals surface area contributed by atoms with Gasteiger partial charge in [0.15, 0.2) is 0 Å². The highest BCUT2D eigenvalue weighted by Crippen LogP contribution is 2.32. The number of carbonyl (C=O) groups excluding carboxylic acids is 1. The van der Waals surface area contributed by atoms with E-state index in [9.17, 15) is 4.79 Å². The maximum atomic E-state index is 13.4. The number of nitrogens with zero attached hydrogens (tertiary/aromatic N) is 2. The molecule has 1 amide bonds. The molecule has 3 unspecified atom stereocenters. The summed E-state index contributed by atoms with van der Waals surface area (Å²) in [5.41, 5.74) is 8.88. The van der Waals surface area contributed by atoms with E-state index in [4.69, 9.17) is 9.47 Å². The molecule has 0 saturated carbocycles. The zero-order valence-corrected chi connectivity index (χ0v) is 17.6. The van der Waals surface area contributed by atoms with E-state index >= 15 is 0 Å². The van der Waals surface area contributed by atoms with Crippen molar-refractivity contribution in [2.24, 2.45) is 0 Å². The molecule has 1 aromatic carbocycles. The fourth-order valence-corrected chi connectivity index (χ4v) is 4.74. The Bertz CT molecular complexity index is 861. The summed E-state index contributed by atoms with van der Waals surface area (Å²) in [5.74, 6) is 1.88. The van der Waals surface area contributed by atoms with Crippen LogP contribution in [0.2, 0.25) is 0 Å². The highest BCUT2D eigenvalue weighted by molar-refractivity contribution is 5.80. The molecule has 0 radical (unpaired) electrons. The minimum absolute atomic E-state index is 0.133. The van der Waals surface area contributed by atoms with E-state index in [1.807, 2.05) is 30.6 Å². The molecule has 0 aliphatic carbocycles. The molecule has 0 bridgehead atoms. The van der Waals surface area contributed by atoms with Crippen molar-refractivity contribution in [2.45, 2.75) is 43.7 Å². The first-order valence-corrected chi connectivity index (χ1v) is 10.6. The van der Waals surface area contributed by atoms with Crippen LogP contribution < -0.4 is 20.3 Å². The minimum Gasteiger partial charge on any atom is -0.497 e. The van der Waals surface area contributed by atoms with Crippen molar-refractivity contribution < 1.29 is 14.3 Å². The maximum absolute atomic E-state index is 13.4. The Morgan fingerprint density at radius 1 is 1.17 bits per heavy atom. The van der Waals surface area contributed by atoms with Crippen LogP contribution in [0.4, 0.5) is 0 Å². The number of aromatic nitrogens is 1. The molecule has 2 N–H and O–H groups in total. The first-order chi connectivity index (χ1) is 14.7. The number of amides is 1. The molecule has 4 rings (SSSR count). The molecule has 2 aliphatic rings. The van der Waals surface area contributed by atoms with E-state index in [-0.39, 0.29) is 18.0 Å². The predicted octanol–water partition coefficient (Wildman–Crippen LogP) is 2.28. The standard InChI is InChI=1S/C23H30N4O3/c1-29-18-6-7-21(30-2)17(13-18)14-22(28)27-12-4-3-5-20(27)23-19(15-25-26-23)16-8-10-24-11-9-16/h6-11,13,19-20,23,25-26H,3-5,12,14-15H2,1-2H3. The van der Waals surface area contributed by atoms with Gasteiger partial charge in [-0.2, -0.15) is 0 Å². The van der Waals surface area contributed by atoms with E-state index in [0.717, 1.165) is 43.7 Å². The highest BCUT2D eigenvalue weighted by Gasteiger charge is 2.40. The van der Waals surface area contributed by atoms with Crippen molar-refractivity contribution in [1.29, 1.82) is 0 Å². The molecule has 7 heteroatoms. The lowest BCUT2D eigenvalue weighted by Gasteiger charge is -2.41. The predicted molar refractivity (Wildman–Crippen MR) is 115 cm³/mol. The second-order valence-electron chi connectivity index (χ2n) is 7.94. The van der Waals surface area contributed by atoms with Gasteiger partial charge < -0.3 is 14.4 Å². The van der Waals surface area contributed by atoms with Gasteiger partial charge in [-0.05, 0) is 55.2 Å². The van der Waals surface area contributed by atoms with Gasteiger partial charge in [-0.15, -0.1) is 0 Å². The molecule has 2 saturated heterocycles. The van der Waals surface area contributed by atoms with Crippen LogP contribution in [0.15, 0.2) is 42.7 Å². The minimum atomic E-state index is 0.133. The van der Waals surface area contributed by atoms with Crippen molar-refractivity contribution in [2.75, 3.05) is 27.3 Å². The number of carbonyl (C=O) groups is 1. The second kappa shape index (κ2) is 9.45. The van der Waals surface area contributed by atoms with Gasteiger partial charge in [0.25, 0.3) is 0 Å². The highest BCUT2D eigenvalue weighted by atomic mass is 16.5. The number of piperidine rings is 1. The average molecular weight is 411 g/mol. The van der Waals surface area contributed by atoms with E-state index in [1.165, 1.54) is 5.56 Å². The van der Waals surface area contributed by atoms with Crippen LogP contribution in [-0.4, -0.2) is 55.2 Å². The molecule has 3 atom stereocenters. The number of likely N-dealkylation sites (tertiary alicyclic amines) is 1. The van der Waals surface area contributed by atoms with Gasteiger partial charge in [0, 0.05) is 49.0 Å². The number of ether oxygens (including phenoxy) is 2. The van der Waals surface area contributed by atoms with Crippen LogP contribution in [0.5, 0.6) is 11.5 Å². The summed E-state index contributed by atoms with van der Waals surface area (Å²) in [6, 6.07) is 10.1. The third-order valence-electron chi connectivity index (χ3n) is 6.27. The van der Waals surface area contributed by atoms with Gasteiger partial charge in [0.1, 0.15) is 11.5 Å². The molecule has 30 heavy (non-hydrogen) atoms. The van der Waals surface area contributed by atoms with Crippen LogP contribution in [0.25, 0.3) is 0 Å². The van der Waals surface area contributed by atoms with Gasteiger partial charge in [0.05, 0.1) is 20.6 Å². The Morgan fingerprint density at radius 2 is 2.00 bits per heavy atom. The molecule has 0 spiro atoms. The van der Waals surface area contributed by atoms with Crippen molar-refractivity contribution >= 4 is 5.91 Å². The van der Waals surface area contributed by atoms with Crippen molar-refractivity contribution in [3.05, 3.63) is 53.9 Å². The fraction of sp³-hybridized carbons (Fsp3) is 0.478. The third kappa shape index (κ3) is 4.27. The van der Waals surface area contributed by atoms with Crippen LogP contribution in [0, 0.1) is 0 Å². The number of benzene rings is 1. The fourth-order valence-electron chi connectivity index (χ4n) is 4.74. The summed E-state index contributed by atoms with van der Waals surface area (Å²) in [7, 11) is 3.26. The molecule has 7 nitrogen and oxygen atoms in total. The summed E-state index contributed by atoms with van der Waals surface area (Å²) in [6.07, 6.45) is 7.15. The van der Waals surface area contributed by atoms with Gasteiger partial charge in [-0.1, -0.05) is 0 Å². The number of nitrogens with one attached hydrogen (secondary N) is 2. The molecule has 3 heterocycles. The number of methoxy groups -OCH3 is 2. The number of hydrogen-bond acceptors (Lipinski definition) is 6. The Hall–Kier alpha value is -2.64. The Labute approximate surface area is 177 Å². The quantitative estimate of drug-likeness (QED) is 0.761. The lowest BCUT2D eigenvalue weighted by molar-refractivity contribution is -0.135. The van der Waals surface area contributed by atoms with Gasteiger partial charge >= 0.3 is 0 Å². The molecule has 2 aromatic rings. The topological polar surface area (TPSA) is 75.7 Å². The average Bonchev–Trinajstić information content (AvgIpc) is 3.29. The number of hydrazine groups is 1. The summed E-state index contributed by atoms with van der Waals surface area (Å²) >= 11 is 0.